The first-order valence-electron chi connectivity index (χ1n) is 15.0. The number of phenolic OH excluding ortho intramolecular Hbond substituents is 1. The molecule has 13 heteroatoms. The van der Waals surface area contributed by atoms with Crippen molar-refractivity contribution in [3.63, 3.8) is 0 Å². The molecule has 3 rings (SSSR count). The van der Waals surface area contributed by atoms with Crippen LogP contribution in [0.25, 0.3) is 0 Å². The number of nitrogens with one attached hydrogen (secondary N) is 3. The van der Waals surface area contributed by atoms with Crippen molar-refractivity contribution in [1.82, 2.24) is 26.1 Å². The van der Waals surface area contributed by atoms with Crippen LogP contribution in [0.1, 0.15) is 72.1 Å². The van der Waals surface area contributed by atoms with Gasteiger partial charge in [0, 0.05) is 12.8 Å². The van der Waals surface area contributed by atoms with E-state index in [1.165, 1.54) is 0 Å². The molecule has 0 saturated carbocycles. The Morgan fingerprint density at radius 2 is 1.66 bits per heavy atom. The summed E-state index contributed by atoms with van der Waals surface area (Å²) in [6, 6.07) is 10.6. The van der Waals surface area contributed by atoms with Gasteiger partial charge in [0.15, 0.2) is 5.82 Å². The molecule has 3 atom stereocenters. The minimum absolute atomic E-state index is 0.129. The molecular formula is C31H47N9O4. The Bertz CT molecular complexity index is 1310. The van der Waals surface area contributed by atoms with Crippen LogP contribution in [0.3, 0.4) is 0 Å². The van der Waals surface area contributed by atoms with Crippen molar-refractivity contribution < 1.29 is 19.2 Å². The van der Waals surface area contributed by atoms with Gasteiger partial charge in [-0.1, -0.05) is 35.5 Å². The monoisotopic (exact) mass is 609 g/mol. The summed E-state index contributed by atoms with van der Waals surface area (Å²) in [5.41, 5.74) is 26.4. The van der Waals surface area contributed by atoms with E-state index in [0.29, 0.717) is 44.6 Å². The Hall–Kier alpha value is -3.88. The van der Waals surface area contributed by atoms with Crippen LogP contribution >= 0.6 is 0 Å². The Morgan fingerprint density at radius 1 is 0.955 bits per heavy atom. The number of aromatic hydroxyl groups is 1. The van der Waals surface area contributed by atoms with Crippen LogP contribution in [-0.2, 0) is 22.4 Å². The van der Waals surface area contributed by atoms with E-state index in [-0.39, 0.29) is 18.1 Å². The van der Waals surface area contributed by atoms with E-state index < -0.39 is 36.2 Å². The maximum absolute atomic E-state index is 13.9. The number of amides is 2. The second-order valence-electron chi connectivity index (χ2n) is 11.1. The third-order valence-corrected chi connectivity index (χ3v) is 7.38. The van der Waals surface area contributed by atoms with Gasteiger partial charge in [0.05, 0.1) is 6.04 Å². The normalized spacial score (nSPS) is 13.4. The van der Waals surface area contributed by atoms with Crippen LogP contribution in [0.4, 0.5) is 0 Å². The average Bonchev–Trinajstić information content (AvgIpc) is 3.44. The summed E-state index contributed by atoms with van der Waals surface area (Å²) in [6.45, 7) is 4.70. The van der Waals surface area contributed by atoms with Gasteiger partial charge in [0.2, 0.25) is 17.7 Å². The second-order valence-corrected chi connectivity index (χ2v) is 11.1. The second kappa shape index (κ2) is 17.4. The minimum Gasteiger partial charge on any atom is -0.508 e. The summed E-state index contributed by atoms with van der Waals surface area (Å²) < 4.78 is 5.61. The number of rotatable bonds is 18. The van der Waals surface area contributed by atoms with E-state index in [1.54, 1.807) is 12.1 Å². The van der Waals surface area contributed by atoms with Crippen LogP contribution in [0, 0.1) is 13.8 Å². The highest BCUT2D eigenvalue weighted by atomic mass is 16.5. The van der Waals surface area contributed by atoms with Gasteiger partial charge in [0.1, 0.15) is 24.1 Å². The van der Waals surface area contributed by atoms with Gasteiger partial charge in [-0.15, -0.1) is 0 Å². The number of nitrogens with zero attached hydrogens (tertiary/aromatic N) is 2. The summed E-state index contributed by atoms with van der Waals surface area (Å²) >= 11 is 0. The molecular weight excluding hydrogens is 562 g/mol. The molecule has 240 valence electrons. The molecule has 0 aliphatic rings. The van der Waals surface area contributed by atoms with Crippen molar-refractivity contribution in [2.75, 3.05) is 13.1 Å². The molecule has 13 nitrogen and oxygen atoms in total. The highest BCUT2D eigenvalue weighted by Gasteiger charge is 2.29. The van der Waals surface area contributed by atoms with Gasteiger partial charge in [-0.25, -0.2) is 0 Å². The Balaban J connectivity index is 1.80. The minimum atomic E-state index is -0.963. The highest BCUT2D eigenvalue weighted by Crippen LogP contribution is 2.23. The van der Waals surface area contributed by atoms with Crippen LogP contribution in [0.5, 0.6) is 5.75 Å². The van der Waals surface area contributed by atoms with Gasteiger partial charge in [-0.05, 0) is 93.4 Å². The maximum atomic E-state index is 13.9. The molecule has 0 radical (unpaired) electrons. The standard InChI is InChI=1S/C31H47N9O4/c1-19-15-22(41)16-20(2)23(19)18-26(38-28(42)24(33)11-8-14-36-31(34)35)29(43)37-25(12-6-7-13-32)30-39-27(40-44-30)17-21-9-4-3-5-10-21/h3-5,9-10,15-16,24-26,31,36,41H,6-8,11-14,17-18,32-35H2,1-2H3,(H,37,43)(H,38,42)/t24-,25-,26+/m1/s1. The molecule has 12 N–H and O–H groups in total. The molecule has 44 heavy (non-hydrogen) atoms. The first-order chi connectivity index (χ1) is 21.1. The van der Waals surface area contributed by atoms with Gasteiger partial charge in [-0.2, -0.15) is 4.98 Å². The summed E-state index contributed by atoms with van der Waals surface area (Å²) in [5.74, 6) is 0.0307. The number of carbonyl (C=O) groups is 2. The number of aromatic nitrogens is 2. The third-order valence-electron chi connectivity index (χ3n) is 7.38. The fraction of sp³-hybridized carbons (Fsp3) is 0.484. The maximum Gasteiger partial charge on any atom is 0.249 e. The number of hydrogen-bond donors (Lipinski definition) is 8. The number of hydrogen-bond acceptors (Lipinski definition) is 11. The summed E-state index contributed by atoms with van der Waals surface area (Å²) in [4.78, 5) is 31.6. The van der Waals surface area contributed by atoms with Crippen molar-refractivity contribution in [2.24, 2.45) is 22.9 Å². The van der Waals surface area contributed by atoms with Crippen molar-refractivity contribution >= 4 is 11.8 Å². The number of benzene rings is 2. The van der Waals surface area contributed by atoms with Crippen LogP contribution in [-0.4, -0.2) is 58.5 Å². The number of aryl methyl sites for hydroxylation is 2. The smallest absolute Gasteiger partial charge is 0.249 e. The van der Waals surface area contributed by atoms with E-state index in [2.05, 4.69) is 26.1 Å². The van der Waals surface area contributed by atoms with Gasteiger partial charge < -0.3 is 43.2 Å². The lowest BCUT2D eigenvalue weighted by atomic mass is 9.95. The molecule has 0 spiro atoms. The summed E-state index contributed by atoms with van der Waals surface area (Å²) in [5, 5.41) is 22.9. The Morgan fingerprint density at radius 3 is 2.32 bits per heavy atom. The largest absolute Gasteiger partial charge is 0.508 e. The zero-order valence-corrected chi connectivity index (χ0v) is 25.6. The number of nitrogens with two attached hydrogens (primary N) is 4. The van der Waals surface area contributed by atoms with E-state index in [0.717, 1.165) is 35.1 Å². The van der Waals surface area contributed by atoms with Gasteiger partial charge >= 0.3 is 0 Å². The first-order valence-corrected chi connectivity index (χ1v) is 15.0. The zero-order chi connectivity index (χ0) is 32.1. The number of unbranched alkanes of at least 4 members (excludes halogenated alkanes) is 1. The van der Waals surface area contributed by atoms with E-state index in [4.69, 9.17) is 27.5 Å². The molecule has 2 amide bonds. The summed E-state index contributed by atoms with van der Waals surface area (Å²) in [7, 11) is 0. The van der Waals surface area contributed by atoms with Crippen molar-refractivity contribution in [2.45, 2.75) is 83.2 Å². The Labute approximate surface area is 258 Å². The molecule has 0 bridgehead atoms. The fourth-order valence-electron chi connectivity index (χ4n) is 4.99. The molecule has 0 aliphatic carbocycles. The highest BCUT2D eigenvalue weighted by molar-refractivity contribution is 5.90. The molecule has 1 heterocycles. The quantitative estimate of drug-likeness (QED) is 0.0745. The van der Waals surface area contributed by atoms with Crippen LogP contribution in [0.2, 0.25) is 0 Å². The molecule has 0 fully saturated rings. The average molecular weight is 610 g/mol. The fourth-order valence-corrected chi connectivity index (χ4v) is 4.99. The lowest BCUT2D eigenvalue weighted by Gasteiger charge is -2.24. The molecule has 2 aromatic carbocycles. The molecule has 0 saturated heterocycles. The Kier molecular flexibility index (Phi) is 13.7. The molecule has 3 aromatic rings. The van der Waals surface area contributed by atoms with Crippen LogP contribution in [0.15, 0.2) is 47.0 Å². The lowest BCUT2D eigenvalue weighted by Crippen LogP contribution is -2.53. The topological polar surface area (TPSA) is 233 Å². The van der Waals surface area contributed by atoms with E-state index >= 15 is 0 Å². The number of phenols is 1. The summed E-state index contributed by atoms with van der Waals surface area (Å²) in [6.07, 6.45) is 2.93. The predicted molar refractivity (Wildman–Crippen MR) is 168 cm³/mol. The van der Waals surface area contributed by atoms with Gasteiger partial charge in [-0.3, -0.25) is 14.9 Å². The number of carbonyl (C=O) groups excluding carboxylic acids is 2. The van der Waals surface area contributed by atoms with Crippen molar-refractivity contribution in [3.8, 4) is 5.75 Å². The van der Waals surface area contributed by atoms with Crippen LogP contribution < -0.4 is 38.9 Å². The van der Waals surface area contributed by atoms with Crippen molar-refractivity contribution in [1.29, 1.82) is 0 Å². The molecule has 0 aliphatic heterocycles. The van der Waals surface area contributed by atoms with E-state index in [1.807, 2.05) is 44.2 Å². The van der Waals surface area contributed by atoms with Crippen molar-refractivity contribution in [3.05, 3.63) is 76.4 Å². The van der Waals surface area contributed by atoms with E-state index in [9.17, 15) is 14.7 Å². The zero-order valence-electron chi connectivity index (χ0n) is 25.6. The first kappa shape index (κ1) is 34.6. The van der Waals surface area contributed by atoms with Gasteiger partial charge in [0.25, 0.3) is 0 Å². The lowest BCUT2D eigenvalue weighted by molar-refractivity contribution is -0.130. The predicted octanol–water partition coefficient (Wildman–Crippen LogP) is 0.895. The molecule has 1 aromatic heterocycles. The third kappa shape index (κ3) is 11.0. The SMILES string of the molecule is Cc1cc(O)cc(C)c1C[C@H](NC(=O)[C@H](N)CCCNC(N)N)C(=O)N[C@H](CCCCN)c1nc(Cc2ccccc2)no1. The molecule has 0 unspecified atom stereocenters.